The van der Waals surface area contributed by atoms with E-state index < -0.39 is 6.04 Å². The van der Waals surface area contributed by atoms with Gasteiger partial charge in [0.15, 0.2) is 11.5 Å². The van der Waals surface area contributed by atoms with Crippen LogP contribution in [0.5, 0.6) is 17.2 Å². The van der Waals surface area contributed by atoms with E-state index in [1.807, 2.05) is 30.5 Å². The first-order chi connectivity index (χ1) is 12.5. The van der Waals surface area contributed by atoms with Crippen LogP contribution in [-0.2, 0) is 4.79 Å². The molecule has 0 radical (unpaired) electrons. The van der Waals surface area contributed by atoms with Gasteiger partial charge in [0.1, 0.15) is 6.04 Å². The Morgan fingerprint density at radius 1 is 1.04 bits per heavy atom. The lowest BCUT2D eigenvalue weighted by molar-refractivity contribution is -0.116. The van der Waals surface area contributed by atoms with Crippen molar-refractivity contribution in [2.24, 2.45) is 0 Å². The van der Waals surface area contributed by atoms with Crippen molar-refractivity contribution in [2.75, 3.05) is 38.2 Å². The van der Waals surface area contributed by atoms with Crippen molar-refractivity contribution in [3.63, 3.8) is 0 Å². The van der Waals surface area contributed by atoms with Crippen molar-refractivity contribution in [3.05, 3.63) is 36.4 Å². The van der Waals surface area contributed by atoms with Gasteiger partial charge in [0, 0.05) is 22.7 Å². The number of hydrogen-bond acceptors (Lipinski definition) is 6. The molecule has 7 heteroatoms. The van der Waals surface area contributed by atoms with Crippen molar-refractivity contribution in [1.82, 2.24) is 0 Å². The van der Waals surface area contributed by atoms with E-state index in [0.29, 0.717) is 22.9 Å². The SMILES string of the molecule is COc1cc(N[C@H](C)C(=O)Nc2ccccc2SC)cc(OC)c1OC. The molecule has 0 aliphatic carbocycles. The summed E-state index contributed by atoms with van der Waals surface area (Å²) < 4.78 is 16.0. The summed E-state index contributed by atoms with van der Waals surface area (Å²) in [6.45, 7) is 1.79. The Bertz CT molecular complexity index is 742. The molecule has 2 N–H and O–H groups in total. The molecule has 26 heavy (non-hydrogen) atoms. The molecule has 1 amide bonds. The van der Waals surface area contributed by atoms with Gasteiger partial charge < -0.3 is 24.8 Å². The summed E-state index contributed by atoms with van der Waals surface area (Å²) in [4.78, 5) is 13.6. The van der Waals surface area contributed by atoms with Gasteiger partial charge >= 0.3 is 0 Å². The number of nitrogens with one attached hydrogen (secondary N) is 2. The van der Waals surface area contributed by atoms with Gasteiger partial charge in [-0.25, -0.2) is 0 Å². The van der Waals surface area contributed by atoms with Crippen LogP contribution in [-0.4, -0.2) is 39.5 Å². The van der Waals surface area contributed by atoms with Crippen molar-refractivity contribution in [1.29, 1.82) is 0 Å². The number of benzene rings is 2. The molecule has 0 unspecified atom stereocenters. The smallest absolute Gasteiger partial charge is 0.246 e. The predicted molar refractivity (Wildman–Crippen MR) is 106 cm³/mol. The lowest BCUT2D eigenvalue weighted by atomic mass is 10.2. The number of carbonyl (C=O) groups is 1. The lowest BCUT2D eigenvalue weighted by Crippen LogP contribution is -2.32. The fourth-order valence-corrected chi connectivity index (χ4v) is 3.02. The molecule has 2 aromatic rings. The highest BCUT2D eigenvalue weighted by molar-refractivity contribution is 7.98. The van der Waals surface area contributed by atoms with E-state index in [9.17, 15) is 4.79 Å². The Balaban J connectivity index is 2.16. The summed E-state index contributed by atoms with van der Waals surface area (Å²) in [6.07, 6.45) is 1.97. The van der Waals surface area contributed by atoms with E-state index in [-0.39, 0.29) is 5.91 Å². The summed E-state index contributed by atoms with van der Waals surface area (Å²) in [7, 11) is 4.65. The zero-order valence-corrected chi connectivity index (χ0v) is 16.4. The van der Waals surface area contributed by atoms with Crippen molar-refractivity contribution >= 4 is 29.0 Å². The average Bonchev–Trinajstić information content (AvgIpc) is 2.67. The summed E-state index contributed by atoms with van der Waals surface area (Å²) in [5, 5.41) is 6.12. The normalized spacial score (nSPS) is 11.4. The molecule has 2 rings (SSSR count). The van der Waals surface area contributed by atoms with Crippen LogP contribution in [0.25, 0.3) is 0 Å². The predicted octanol–water partition coefficient (Wildman–Crippen LogP) is 3.87. The largest absolute Gasteiger partial charge is 0.493 e. The quantitative estimate of drug-likeness (QED) is 0.682. The molecular formula is C19H24N2O4S. The Hall–Kier alpha value is -2.54. The molecule has 0 aliphatic heterocycles. The van der Waals surface area contributed by atoms with Crippen LogP contribution in [0.3, 0.4) is 0 Å². The number of rotatable bonds is 8. The maximum absolute atomic E-state index is 12.5. The maximum atomic E-state index is 12.5. The van der Waals surface area contributed by atoms with Crippen LogP contribution in [0.2, 0.25) is 0 Å². The first-order valence-electron chi connectivity index (χ1n) is 8.04. The van der Waals surface area contributed by atoms with Crippen LogP contribution in [0.15, 0.2) is 41.3 Å². The van der Waals surface area contributed by atoms with Gasteiger partial charge in [0.25, 0.3) is 0 Å². The number of ether oxygens (including phenoxy) is 3. The van der Waals surface area contributed by atoms with Crippen molar-refractivity contribution < 1.29 is 19.0 Å². The number of amides is 1. The van der Waals surface area contributed by atoms with Crippen LogP contribution >= 0.6 is 11.8 Å². The van der Waals surface area contributed by atoms with E-state index in [1.165, 1.54) is 0 Å². The van der Waals surface area contributed by atoms with Gasteiger partial charge in [-0.3, -0.25) is 4.79 Å². The third-order valence-electron chi connectivity index (χ3n) is 3.81. The molecule has 0 aromatic heterocycles. The number of carbonyl (C=O) groups excluding carboxylic acids is 1. The monoisotopic (exact) mass is 376 g/mol. The fourth-order valence-electron chi connectivity index (χ4n) is 2.47. The zero-order chi connectivity index (χ0) is 19.1. The third-order valence-corrected chi connectivity index (χ3v) is 4.60. The summed E-state index contributed by atoms with van der Waals surface area (Å²) in [5.74, 6) is 1.41. The Morgan fingerprint density at radius 3 is 2.19 bits per heavy atom. The van der Waals surface area contributed by atoms with E-state index >= 15 is 0 Å². The Morgan fingerprint density at radius 2 is 1.65 bits per heavy atom. The number of para-hydroxylation sites is 1. The molecule has 2 aromatic carbocycles. The number of thioether (sulfide) groups is 1. The van der Waals surface area contributed by atoms with E-state index in [1.54, 1.807) is 52.1 Å². The molecule has 6 nitrogen and oxygen atoms in total. The van der Waals surface area contributed by atoms with Crippen LogP contribution in [0, 0.1) is 0 Å². The molecule has 0 aliphatic rings. The molecule has 0 bridgehead atoms. The van der Waals surface area contributed by atoms with Crippen LogP contribution in [0.4, 0.5) is 11.4 Å². The lowest BCUT2D eigenvalue weighted by Gasteiger charge is -2.19. The van der Waals surface area contributed by atoms with Crippen LogP contribution in [0.1, 0.15) is 6.92 Å². The van der Waals surface area contributed by atoms with Gasteiger partial charge in [-0.05, 0) is 25.3 Å². The molecule has 0 saturated carbocycles. The second kappa shape index (κ2) is 9.24. The first-order valence-corrected chi connectivity index (χ1v) is 9.27. The van der Waals surface area contributed by atoms with E-state index in [0.717, 1.165) is 10.6 Å². The number of hydrogen-bond donors (Lipinski definition) is 2. The first kappa shape index (κ1) is 19.8. The number of anilines is 2. The summed E-state index contributed by atoms with van der Waals surface area (Å²) in [6, 6.07) is 10.8. The molecule has 140 valence electrons. The highest BCUT2D eigenvalue weighted by Gasteiger charge is 2.18. The second-order valence-electron chi connectivity index (χ2n) is 5.47. The van der Waals surface area contributed by atoms with Crippen LogP contribution < -0.4 is 24.8 Å². The maximum Gasteiger partial charge on any atom is 0.246 e. The minimum atomic E-state index is -0.465. The molecular weight excluding hydrogens is 352 g/mol. The standard InChI is InChI=1S/C19H24N2O4S/c1-12(19(22)21-14-8-6-7-9-17(14)26-5)20-13-10-15(23-2)18(25-4)16(11-13)24-3/h6-12,20H,1-5H3,(H,21,22)/t12-/m1/s1. The Kier molecular flexibility index (Phi) is 7.03. The van der Waals surface area contributed by atoms with Gasteiger partial charge in [-0.1, -0.05) is 12.1 Å². The average molecular weight is 376 g/mol. The van der Waals surface area contributed by atoms with E-state index in [4.69, 9.17) is 14.2 Å². The van der Waals surface area contributed by atoms with Gasteiger partial charge in [-0.2, -0.15) is 0 Å². The molecule has 1 atom stereocenters. The molecule has 0 saturated heterocycles. The zero-order valence-electron chi connectivity index (χ0n) is 15.6. The van der Waals surface area contributed by atoms with E-state index in [2.05, 4.69) is 10.6 Å². The van der Waals surface area contributed by atoms with Gasteiger partial charge in [-0.15, -0.1) is 11.8 Å². The highest BCUT2D eigenvalue weighted by atomic mass is 32.2. The minimum absolute atomic E-state index is 0.139. The highest BCUT2D eigenvalue weighted by Crippen LogP contribution is 2.40. The molecule has 0 fully saturated rings. The van der Waals surface area contributed by atoms with Gasteiger partial charge in [0.05, 0.1) is 27.0 Å². The fraction of sp³-hybridized carbons (Fsp3) is 0.316. The third kappa shape index (κ3) is 4.54. The van der Waals surface area contributed by atoms with Crippen molar-refractivity contribution in [3.8, 4) is 17.2 Å². The minimum Gasteiger partial charge on any atom is -0.493 e. The summed E-state index contributed by atoms with van der Waals surface area (Å²) in [5.41, 5.74) is 1.49. The second-order valence-corrected chi connectivity index (χ2v) is 6.32. The topological polar surface area (TPSA) is 68.8 Å². The molecule has 0 spiro atoms. The molecule has 0 heterocycles. The van der Waals surface area contributed by atoms with Gasteiger partial charge in [0.2, 0.25) is 11.7 Å². The van der Waals surface area contributed by atoms with Crippen molar-refractivity contribution in [2.45, 2.75) is 17.9 Å². The summed E-state index contributed by atoms with van der Waals surface area (Å²) >= 11 is 1.58. The Labute approximate surface area is 158 Å². The number of methoxy groups -OCH3 is 3.